The molecule has 0 saturated carbocycles. The van der Waals surface area contributed by atoms with Crippen LogP contribution in [-0.4, -0.2) is 69.9 Å². The van der Waals surface area contributed by atoms with E-state index in [4.69, 9.17) is 4.74 Å². The lowest BCUT2D eigenvalue weighted by molar-refractivity contribution is -0.143. The van der Waals surface area contributed by atoms with Crippen molar-refractivity contribution in [2.75, 3.05) is 53.9 Å². The van der Waals surface area contributed by atoms with E-state index in [-0.39, 0.29) is 41.6 Å². The molecule has 10 aromatic rings. The summed E-state index contributed by atoms with van der Waals surface area (Å²) in [6, 6.07) is 77.9. The molecule has 10 rings (SSSR count). The van der Waals surface area contributed by atoms with Gasteiger partial charge in [0.25, 0.3) is 0 Å². The van der Waals surface area contributed by atoms with Crippen molar-refractivity contribution < 1.29 is 41.0 Å². The van der Waals surface area contributed by atoms with Crippen LogP contribution in [0.3, 0.4) is 0 Å². The van der Waals surface area contributed by atoms with Gasteiger partial charge in [0.05, 0.1) is 13.0 Å². The van der Waals surface area contributed by atoms with Crippen molar-refractivity contribution in [2.24, 2.45) is 0 Å². The van der Waals surface area contributed by atoms with Crippen molar-refractivity contribution >= 4 is 11.5 Å². The molecule has 0 saturated heterocycles. The molecule has 14 heteroatoms. The standard InChI is InChI=1S/C22H21F2NO.C22H19F2N.C16H17F2N.C13H19NO2.C8H11N.C2H6/c23-20-10-4-8-18(14-20)22(26,19-9-5-11-21(24)15-19)12-13-25-16-17-6-2-1-3-7-17;23-20-10-4-8-18(14-20)22(19-9-5-11-21(24)15-19)12-13-25-16-17-6-2-1-3-7-17;1-19-9-8-16(12-4-2-6-14(17)10-12)13-5-3-7-15(18)11-13;1-3-16-13(15)9-10-14(2)11-12-7-5-4-6-8-12;1-9-7-8-5-3-2-4-6-8;1-2/h1-11,14-15,25-26H,12-13,16H2;1-12,14-15,25H,13,16H2;2-7,10-11,16,19H,8-9H2,1H3;4-8H,3,9-11H2,1-2H3;2-6,9H,7H2,1H3;1-2H3. The number of hydrogen-bond donors (Lipinski definition) is 5. The number of carbonyl (C=O) groups excluding carboxylic acids is 1. The first kappa shape index (κ1) is 78.4. The van der Waals surface area contributed by atoms with Crippen molar-refractivity contribution in [3.63, 3.8) is 0 Å². The highest BCUT2D eigenvalue weighted by Crippen LogP contribution is 2.34. The molecule has 0 fully saturated rings. The zero-order valence-electron chi connectivity index (χ0n) is 56.5. The smallest absolute Gasteiger partial charge is 0.307 e. The topological polar surface area (TPSA) is 97.9 Å². The zero-order chi connectivity index (χ0) is 69.9. The molecule has 0 aromatic heterocycles. The summed E-state index contributed by atoms with van der Waals surface area (Å²) in [4.78, 5) is 13.3. The number of nitrogens with one attached hydrogen (secondary N) is 4. The number of esters is 1. The van der Waals surface area contributed by atoms with Crippen molar-refractivity contribution in [1.29, 1.82) is 0 Å². The van der Waals surface area contributed by atoms with E-state index in [0.717, 1.165) is 72.5 Å². The Bertz CT molecular complexity index is 3670. The van der Waals surface area contributed by atoms with Gasteiger partial charge >= 0.3 is 5.97 Å². The third-order valence-electron chi connectivity index (χ3n) is 15.0. The second-order valence-corrected chi connectivity index (χ2v) is 22.4. The number of halogens is 6. The lowest BCUT2D eigenvalue weighted by Gasteiger charge is -2.30. The van der Waals surface area contributed by atoms with Crippen molar-refractivity contribution in [3.8, 4) is 0 Å². The maximum absolute atomic E-state index is 13.7. The highest BCUT2D eigenvalue weighted by molar-refractivity contribution is 5.80. The van der Waals surface area contributed by atoms with Gasteiger partial charge in [-0.25, -0.2) is 26.3 Å². The van der Waals surface area contributed by atoms with Gasteiger partial charge < -0.3 is 36.0 Å². The Balaban J connectivity index is 0.000000225. The first-order chi connectivity index (χ1) is 47.2. The molecule has 10 aromatic carbocycles. The molecular formula is C83H93F6N5O3. The van der Waals surface area contributed by atoms with E-state index in [9.17, 15) is 36.2 Å². The maximum atomic E-state index is 13.7. The van der Waals surface area contributed by atoms with Gasteiger partial charge in [-0.1, -0.05) is 214 Å². The van der Waals surface area contributed by atoms with Crippen LogP contribution in [0.5, 0.6) is 0 Å². The Labute approximate surface area is 571 Å². The van der Waals surface area contributed by atoms with Crippen LogP contribution in [0.25, 0.3) is 5.57 Å². The van der Waals surface area contributed by atoms with Gasteiger partial charge in [0.1, 0.15) is 40.5 Å². The first-order valence-electron chi connectivity index (χ1n) is 32.8. The van der Waals surface area contributed by atoms with Crippen molar-refractivity contribution in [1.82, 2.24) is 26.2 Å². The molecule has 0 radical (unpaired) electrons. The largest absolute Gasteiger partial charge is 0.466 e. The van der Waals surface area contributed by atoms with Crippen LogP contribution in [0.15, 0.2) is 273 Å². The minimum atomic E-state index is -1.48. The lowest BCUT2D eigenvalue weighted by Crippen LogP contribution is -2.32. The van der Waals surface area contributed by atoms with Gasteiger partial charge in [0.2, 0.25) is 0 Å². The van der Waals surface area contributed by atoms with Crippen LogP contribution in [-0.2, 0) is 41.3 Å². The number of ether oxygens (including phenoxy) is 1. The second kappa shape index (κ2) is 45.2. The number of aliphatic hydroxyl groups is 1. The van der Waals surface area contributed by atoms with Crippen LogP contribution in [0, 0.1) is 34.9 Å². The third-order valence-corrected chi connectivity index (χ3v) is 15.0. The van der Waals surface area contributed by atoms with Gasteiger partial charge in [-0.15, -0.1) is 0 Å². The lowest BCUT2D eigenvalue weighted by atomic mass is 9.83. The highest BCUT2D eigenvalue weighted by atomic mass is 19.1. The molecule has 510 valence electrons. The van der Waals surface area contributed by atoms with Crippen LogP contribution < -0.4 is 21.3 Å². The fourth-order valence-corrected chi connectivity index (χ4v) is 10.3. The first-order valence-corrected chi connectivity index (χ1v) is 32.8. The van der Waals surface area contributed by atoms with Crippen molar-refractivity contribution in [2.45, 2.75) is 77.7 Å². The molecule has 0 atom stereocenters. The third kappa shape index (κ3) is 29.7. The van der Waals surface area contributed by atoms with Crippen LogP contribution in [0.2, 0.25) is 0 Å². The Morgan fingerprint density at radius 2 is 0.887 bits per heavy atom. The molecule has 0 aliphatic carbocycles. The molecule has 0 amide bonds. The van der Waals surface area contributed by atoms with E-state index >= 15 is 0 Å². The monoisotopic (exact) mass is 1320 g/mol. The maximum Gasteiger partial charge on any atom is 0.307 e. The van der Waals surface area contributed by atoms with Gasteiger partial charge in [-0.05, 0) is 188 Å². The average molecular weight is 1320 g/mol. The van der Waals surface area contributed by atoms with Gasteiger partial charge in [0.15, 0.2) is 0 Å². The summed E-state index contributed by atoms with van der Waals surface area (Å²) in [6.45, 7) is 12.1. The SMILES string of the molecule is CC.CCOC(=O)CCN(C)Cc1ccccc1.CNCCC(c1cccc(F)c1)c1cccc(F)c1.CNCc1ccccc1.Fc1cccc(C(=CCNCc2ccccc2)c2cccc(F)c2)c1.OC(CCNCc1ccccc1)(c1cccc(F)c1)c1cccc(F)c1. The average Bonchev–Trinajstić information content (AvgIpc) is 0.807. The summed E-state index contributed by atoms with van der Waals surface area (Å²) < 4.78 is 86.2. The van der Waals surface area contributed by atoms with E-state index < -0.39 is 17.2 Å². The molecule has 0 unspecified atom stereocenters. The minimum Gasteiger partial charge on any atom is -0.466 e. The van der Waals surface area contributed by atoms with Gasteiger partial charge in [-0.3, -0.25) is 4.79 Å². The minimum absolute atomic E-state index is 0.00106. The Morgan fingerprint density at radius 1 is 0.485 bits per heavy atom. The fourth-order valence-electron chi connectivity index (χ4n) is 10.3. The van der Waals surface area contributed by atoms with E-state index in [1.807, 2.05) is 157 Å². The highest BCUT2D eigenvalue weighted by Gasteiger charge is 2.32. The van der Waals surface area contributed by atoms with E-state index in [2.05, 4.69) is 62.6 Å². The van der Waals surface area contributed by atoms with Crippen LogP contribution >= 0.6 is 0 Å². The molecule has 0 heterocycles. The van der Waals surface area contributed by atoms with E-state index in [1.54, 1.807) is 48.5 Å². The molecule has 0 aliphatic rings. The Hall–Kier alpha value is -9.25. The summed E-state index contributed by atoms with van der Waals surface area (Å²) in [6.07, 6.45) is 3.50. The second-order valence-electron chi connectivity index (χ2n) is 22.4. The van der Waals surface area contributed by atoms with E-state index in [0.29, 0.717) is 43.8 Å². The predicted octanol–water partition coefficient (Wildman–Crippen LogP) is 17.8. The van der Waals surface area contributed by atoms with Crippen molar-refractivity contribution in [3.05, 3.63) is 364 Å². The van der Waals surface area contributed by atoms with Crippen LogP contribution in [0.1, 0.15) is 102 Å². The molecule has 97 heavy (non-hydrogen) atoms. The Morgan fingerprint density at radius 3 is 1.30 bits per heavy atom. The number of hydrogen-bond acceptors (Lipinski definition) is 8. The zero-order valence-corrected chi connectivity index (χ0v) is 56.5. The summed E-state index contributed by atoms with van der Waals surface area (Å²) in [5, 5.41) is 24.1. The van der Waals surface area contributed by atoms with Crippen LogP contribution in [0.4, 0.5) is 26.3 Å². The number of nitrogens with zero attached hydrogens (tertiary/aromatic N) is 1. The summed E-state index contributed by atoms with van der Waals surface area (Å²) in [5.74, 6) is -2.13. The summed E-state index contributed by atoms with van der Waals surface area (Å²) in [5.41, 5.74) is 8.26. The van der Waals surface area contributed by atoms with E-state index in [1.165, 1.54) is 89.5 Å². The molecule has 5 N–H and O–H groups in total. The summed E-state index contributed by atoms with van der Waals surface area (Å²) in [7, 11) is 5.83. The predicted molar refractivity (Wildman–Crippen MR) is 384 cm³/mol. The summed E-state index contributed by atoms with van der Waals surface area (Å²) >= 11 is 0. The fraction of sp³-hybridized carbons (Fsp3) is 0.241. The number of carbonyl (C=O) groups is 1. The normalized spacial score (nSPS) is 10.6. The molecular weight excluding hydrogens is 1230 g/mol. The van der Waals surface area contributed by atoms with Gasteiger partial charge in [-0.2, -0.15) is 0 Å². The number of rotatable bonds is 26. The molecule has 0 bridgehead atoms. The molecule has 0 aliphatic heterocycles. The van der Waals surface area contributed by atoms with Gasteiger partial charge in [0, 0.05) is 45.2 Å². The molecule has 8 nitrogen and oxygen atoms in total. The molecule has 0 spiro atoms. The number of benzene rings is 10. The Kier molecular flexibility index (Phi) is 36.6. The quantitative estimate of drug-likeness (QED) is 0.0208.